The second-order valence-corrected chi connectivity index (χ2v) is 11.0. The number of carbonyl (C=O) groups is 1. The minimum Gasteiger partial charge on any atom is -0.375 e. The molecule has 1 amide bonds. The van der Waals surface area contributed by atoms with Gasteiger partial charge in [-0.3, -0.25) is 4.79 Å². The third kappa shape index (κ3) is 5.54. The second-order valence-electron chi connectivity index (χ2n) is 11.0. The molecule has 0 radical (unpaired) electrons. The highest BCUT2D eigenvalue weighted by atomic mass is 19.1. The Hall–Kier alpha value is -4.28. The van der Waals surface area contributed by atoms with Gasteiger partial charge in [-0.1, -0.05) is 42.5 Å². The Kier molecular flexibility index (Phi) is 7.55. The van der Waals surface area contributed by atoms with E-state index in [-0.39, 0.29) is 23.4 Å². The van der Waals surface area contributed by atoms with Gasteiger partial charge in [0, 0.05) is 29.8 Å². The van der Waals surface area contributed by atoms with Crippen LogP contribution in [0.1, 0.15) is 66.4 Å². The zero-order chi connectivity index (χ0) is 28.4. The lowest BCUT2D eigenvalue weighted by Crippen LogP contribution is -2.45. The van der Waals surface area contributed by atoms with Crippen molar-refractivity contribution in [3.8, 4) is 6.07 Å². The fourth-order valence-electron chi connectivity index (χ4n) is 5.73. The van der Waals surface area contributed by atoms with Gasteiger partial charge >= 0.3 is 0 Å². The van der Waals surface area contributed by atoms with Crippen molar-refractivity contribution in [2.24, 2.45) is 0 Å². The van der Waals surface area contributed by atoms with Crippen molar-refractivity contribution in [3.63, 3.8) is 0 Å². The van der Waals surface area contributed by atoms with Gasteiger partial charge in [-0.15, -0.1) is 0 Å². The highest BCUT2D eigenvalue weighted by Gasteiger charge is 2.30. The minimum absolute atomic E-state index is 0.00467. The quantitative estimate of drug-likeness (QED) is 0.290. The van der Waals surface area contributed by atoms with Crippen molar-refractivity contribution in [3.05, 3.63) is 106 Å². The molecule has 204 valence electrons. The van der Waals surface area contributed by atoms with E-state index in [1.54, 1.807) is 18.2 Å². The number of hydrogen-bond donors (Lipinski definition) is 1. The average Bonchev–Trinajstić information content (AvgIpc) is 3.22. The average molecular weight is 537 g/mol. The molecule has 5 rings (SSSR count). The van der Waals surface area contributed by atoms with E-state index in [1.807, 2.05) is 68.7 Å². The number of hydrogen-bond acceptors (Lipinski definition) is 4. The molecular weight excluding hydrogens is 503 g/mol. The summed E-state index contributed by atoms with van der Waals surface area (Å²) < 4.78 is 21.8. The highest BCUT2D eigenvalue weighted by molar-refractivity contribution is 5.96. The smallest absolute Gasteiger partial charge is 0.244 e. The molecule has 40 heavy (non-hydrogen) atoms. The first-order chi connectivity index (χ1) is 19.2. The highest BCUT2D eigenvalue weighted by Crippen LogP contribution is 2.37. The molecule has 2 aromatic carbocycles. The predicted molar refractivity (Wildman–Crippen MR) is 154 cm³/mol. The van der Waals surface area contributed by atoms with Crippen LogP contribution in [-0.4, -0.2) is 33.7 Å². The van der Waals surface area contributed by atoms with Crippen LogP contribution in [0, 0.1) is 31.0 Å². The minimum atomic E-state index is -0.417. The third-order valence-corrected chi connectivity index (χ3v) is 7.43. The van der Waals surface area contributed by atoms with Crippen LogP contribution in [0.5, 0.6) is 0 Å². The summed E-state index contributed by atoms with van der Waals surface area (Å²) in [4.78, 5) is 18.0. The number of benzene rings is 2. The molecule has 0 saturated carbocycles. The molecule has 3 heterocycles. The number of nitrogens with one attached hydrogen (secondary N) is 1. The van der Waals surface area contributed by atoms with Gasteiger partial charge in [-0.05, 0) is 81.5 Å². The molecule has 1 N–H and O–H groups in total. The number of nitriles is 1. The number of pyridine rings is 1. The van der Waals surface area contributed by atoms with Crippen molar-refractivity contribution < 1.29 is 13.9 Å². The first-order valence-electron chi connectivity index (χ1n) is 13.5. The summed E-state index contributed by atoms with van der Waals surface area (Å²) in [6.07, 6.45) is 4.66. The number of fused-ring (bicyclic) bond motifs is 1. The van der Waals surface area contributed by atoms with Crippen molar-refractivity contribution in [1.29, 1.82) is 5.26 Å². The zero-order valence-electron chi connectivity index (χ0n) is 23.2. The van der Waals surface area contributed by atoms with Gasteiger partial charge in [0.1, 0.15) is 17.5 Å². The number of rotatable bonds is 6. The van der Waals surface area contributed by atoms with Crippen molar-refractivity contribution >= 4 is 23.0 Å². The Morgan fingerprint density at radius 1 is 1.18 bits per heavy atom. The van der Waals surface area contributed by atoms with Crippen LogP contribution >= 0.6 is 0 Å². The molecule has 2 atom stereocenters. The van der Waals surface area contributed by atoms with E-state index >= 15 is 0 Å². The largest absolute Gasteiger partial charge is 0.375 e. The second kappa shape index (κ2) is 11.1. The van der Waals surface area contributed by atoms with Gasteiger partial charge in [-0.25, -0.2) is 9.37 Å². The van der Waals surface area contributed by atoms with E-state index in [1.165, 1.54) is 18.2 Å². The molecule has 1 aliphatic rings. The normalized spacial score (nSPS) is 17.6. The van der Waals surface area contributed by atoms with Crippen LogP contribution in [0.3, 0.4) is 0 Å². The third-order valence-electron chi connectivity index (χ3n) is 7.43. The maximum Gasteiger partial charge on any atom is 0.244 e. The number of carbonyl (C=O) groups excluding carboxylic acids is 1. The molecule has 0 aliphatic carbocycles. The fourth-order valence-corrected chi connectivity index (χ4v) is 5.73. The monoisotopic (exact) mass is 536 g/mol. The van der Waals surface area contributed by atoms with Crippen molar-refractivity contribution in [1.82, 2.24) is 14.9 Å². The summed E-state index contributed by atoms with van der Waals surface area (Å²) in [5.74, 6) is -0.564. The lowest BCUT2D eigenvalue weighted by Gasteiger charge is -2.35. The van der Waals surface area contributed by atoms with E-state index in [2.05, 4.69) is 11.4 Å². The number of nitrogens with zero attached hydrogens (tertiary/aromatic N) is 3. The Morgan fingerprint density at radius 2 is 1.88 bits per heavy atom. The van der Waals surface area contributed by atoms with Gasteiger partial charge in [0.25, 0.3) is 0 Å². The number of halogens is 1. The van der Waals surface area contributed by atoms with E-state index in [4.69, 9.17) is 9.72 Å². The molecule has 0 spiro atoms. The van der Waals surface area contributed by atoms with Gasteiger partial charge in [-0.2, -0.15) is 5.26 Å². The zero-order valence-corrected chi connectivity index (χ0v) is 23.2. The molecule has 4 aromatic rings. The van der Waals surface area contributed by atoms with Gasteiger partial charge in [0.05, 0.1) is 22.9 Å². The molecule has 0 bridgehead atoms. The molecule has 2 aromatic heterocycles. The van der Waals surface area contributed by atoms with E-state index < -0.39 is 6.04 Å². The summed E-state index contributed by atoms with van der Waals surface area (Å²) in [5, 5.41) is 14.2. The van der Waals surface area contributed by atoms with Gasteiger partial charge in [0.15, 0.2) is 0 Å². The Morgan fingerprint density at radius 3 is 2.55 bits per heavy atom. The van der Waals surface area contributed by atoms with E-state index in [0.717, 1.165) is 40.6 Å². The summed E-state index contributed by atoms with van der Waals surface area (Å²) in [6, 6.07) is 20.1. The van der Waals surface area contributed by atoms with Crippen LogP contribution in [0.25, 0.3) is 17.1 Å². The first-order valence-corrected chi connectivity index (χ1v) is 13.5. The maximum atomic E-state index is 14.0. The van der Waals surface area contributed by atoms with Crippen LogP contribution in [0.4, 0.5) is 4.39 Å². The van der Waals surface area contributed by atoms with Crippen LogP contribution in [-0.2, 0) is 9.53 Å². The Bertz CT molecular complexity index is 1610. The molecule has 1 aliphatic heterocycles. The molecule has 2 unspecified atom stereocenters. The van der Waals surface area contributed by atoms with Gasteiger partial charge < -0.3 is 14.6 Å². The molecule has 1 saturated heterocycles. The molecule has 6 nitrogen and oxygen atoms in total. The predicted octanol–water partition coefficient (Wildman–Crippen LogP) is 6.39. The van der Waals surface area contributed by atoms with Crippen LogP contribution < -0.4 is 5.32 Å². The van der Waals surface area contributed by atoms with Gasteiger partial charge in [0.2, 0.25) is 5.91 Å². The SMILES string of the molecule is Cc1cc(C)c2c(C#N)c(C=CC(=O)NC3CCOC(C)(C)C3)n(C(c3ccccc3)c3ccc(F)cc3)c2n1. The van der Waals surface area contributed by atoms with Crippen LogP contribution in [0.15, 0.2) is 66.7 Å². The van der Waals surface area contributed by atoms with E-state index in [9.17, 15) is 14.4 Å². The molecule has 7 heteroatoms. The first kappa shape index (κ1) is 27.3. The van der Waals surface area contributed by atoms with Crippen LogP contribution in [0.2, 0.25) is 0 Å². The lowest BCUT2D eigenvalue weighted by molar-refractivity contribution is -0.119. The number of aryl methyl sites for hydroxylation is 2. The Labute approximate surface area is 234 Å². The van der Waals surface area contributed by atoms with E-state index in [0.29, 0.717) is 23.5 Å². The summed E-state index contributed by atoms with van der Waals surface area (Å²) in [6.45, 7) is 8.52. The number of aromatic nitrogens is 2. The molecule has 1 fully saturated rings. The fraction of sp³-hybridized carbons (Fsp3) is 0.303. The number of ether oxygens (including phenoxy) is 1. The lowest BCUT2D eigenvalue weighted by atomic mass is 9.94. The summed E-state index contributed by atoms with van der Waals surface area (Å²) >= 11 is 0. The van der Waals surface area contributed by atoms with Crippen molar-refractivity contribution in [2.75, 3.05) is 6.61 Å². The maximum absolute atomic E-state index is 14.0. The summed E-state index contributed by atoms with van der Waals surface area (Å²) in [5.41, 5.74) is 4.87. The standard InChI is InChI=1S/C33H33FN4O2/c1-21-18-22(2)36-32-30(21)27(20-35)28(14-15-29(39)37-26-16-17-40-33(3,4)19-26)38(32)31(23-8-6-5-7-9-23)24-10-12-25(34)13-11-24/h5-15,18,26,31H,16-17,19H2,1-4H3,(H,37,39). The number of amides is 1. The Balaban J connectivity index is 1.68. The van der Waals surface area contributed by atoms with Crippen molar-refractivity contribution in [2.45, 2.75) is 58.2 Å². The summed E-state index contributed by atoms with van der Waals surface area (Å²) in [7, 11) is 0. The molecular formula is C33H33FN4O2. The topological polar surface area (TPSA) is 79.9 Å².